The van der Waals surface area contributed by atoms with E-state index in [-0.39, 0.29) is 18.1 Å². The summed E-state index contributed by atoms with van der Waals surface area (Å²) in [5, 5.41) is -0.562. The number of ether oxygens (including phenoxy) is 4. The summed E-state index contributed by atoms with van der Waals surface area (Å²) < 4.78 is 21.1. The Morgan fingerprint density at radius 1 is 1.19 bits per heavy atom. The quantitative estimate of drug-likeness (QED) is 0.361. The lowest BCUT2D eigenvalue weighted by atomic mass is 10.1. The summed E-state index contributed by atoms with van der Waals surface area (Å²) >= 11 is 4.10. The molecule has 1 aliphatic heterocycles. The van der Waals surface area contributed by atoms with Crippen molar-refractivity contribution in [2.24, 2.45) is 0 Å². The predicted octanol–water partition coefficient (Wildman–Crippen LogP) is 3.39. The number of carbonyl (C=O) groups is 4. The molecule has 11 heteroatoms. The molecule has 1 atom stereocenters. The van der Waals surface area contributed by atoms with Crippen LogP contribution in [0.3, 0.4) is 0 Å². The normalized spacial score (nSPS) is 15.8. The number of rotatable bonds is 9. The van der Waals surface area contributed by atoms with Gasteiger partial charge in [0, 0.05) is 0 Å². The first-order chi connectivity index (χ1) is 14.7. The van der Waals surface area contributed by atoms with Gasteiger partial charge >= 0.3 is 11.9 Å². The molecule has 1 heterocycles. The Morgan fingerprint density at radius 2 is 1.90 bits per heavy atom. The van der Waals surface area contributed by atoms with Crippen molar-refractivity contribution < 1.29 is 38.1 Å². The number of halogens is 1. The van der Waals surface area contributed by atoms with E-state index in [2.05, 4.69) is 20.7 Å². The number of thioether (sulfide) groups is 1. The van der Waals surface area contributed by atoms with E-state index in [0.29, 0.717) is 28.1 Å². The molecular formula is C20H22BrNO8S. The van der Waals surface area contributed by atoms with E-state index in [4.69, 9.17) is 14.2 Å². The maximum absolute atomic E-state index is 12.7. The molecule has 168 valence electrons. The summed E-state index contributed by atoms with van der Waals surface area (Å²) in [5.74, 6) is -1.15. The van der Waals surface area contributed by atoms with Crippen molar-refractivity contribution in [1.29, 1.82) is 0 Å². The molecule has 0 unspecified atom stereocenters. The Morgan fingerprint density at radius 3 is 2.52 bits per heavy atom. The van der Waals surface area contributed by atoms with Crippen molar-refractivity contribution in [3.63, 3.8) is 0 Å². The van der Waals surface area contributed by atoms with Gasteiger partial charge < -0.3 is 18.9 Å². The molecule has 1 aromatic carbocycles. The number of esters is 2. The summed E-state index contributed by atoms with van der Waals surface area (Å²) in [6.07, 6.45) is 1.51. The SMILES string of the molecule is CCOC(=O)COc1c(Br)cc(/C=C2/SC(=O)N([C@H](C)C(=O)OC)C2=O)cc1OCC. The second-order valence-corrected chi connectivity index (χ2v) is 7.96. The number of hydrogen-bond acceptors (Lipinski definition) is 9. The maximum atomic E-state index is 12.7. The van der Waals surface area contributed by atoms with Crippen LogP contribution in [0.25, 0.3) is 6.08 Å². The summed E-state index contributed by atoms with van der Waals surface area (Å²) in [6.45, 7) is 5.18. The Kier molecular flexibility index (Phi) is 8.93. The number of nitrogens with zero attached hydrogens (tertiary/aromatic N) is 1. The van der Waals surface area contributed by atoms with Crippen molar-refractivity contribution in [2.75, 3.05) is 26.9 Å². The van der Waals surface area contributed by atoms with E-state index < -0.39 is 29.1 Å². The van der Waals surface area contributed by atoms with Crippen molar-refractivity contribution in [2.45, 2.75) is 26.8 Å². The fraction of sp³-hybridized carbons (Fsp3) is 0.400. The Bertz CT molecular complexity index is 917. The monoisotopic (exact) mass is 515 g/mol. The number of methoxy groups -OCH3 is 1. The molecule has 1 aliphatic rings. The van der Waals surface area contributed by atoms with E-state index in [1.807, 2.05) is 0 Å². The molecule has 0 radical (unpaired) electrons. The van der Waals surface area contributed by atoms with Gasteiger partial charge in [-0.15, -0.1) is 0 Å². The molecule has 1 saturated heterocycles. The van der Waals surface area contributed by atoms with Crippen molar-refractivity contribution in [3.8, 4) is 11.5 Å². The summed E-state index contributed by atoms with van der Waals surface area (Å²) in [4.78, 5) is 49.3. The minimum Gasteiger partial charge on any atom is -0.490 e. The smallest absolute Gasteiger partial charge is 0.344 e. The zero-order valence-corrected chi connectivity index (χ0v) is 19.8. The largest absolute Gasteiger partial charge is 0.490 e. The van der Waals surface area contributed by atoms with Gasteiger partial charge in [0.2, 0.25) is 0 Å². The van der Waals surface area contributed by atoms with Crippen LogP contribution in [0.5, 0.6) is 11.5 Å². The molecule has 0 aliphatic carbocycles. The third-order valence-corrected chi connectivity index (χ3v) is 5.50. The van der Waals surface area contributed by atoms with Crippen LogP contribution in [0.1, 0.15) is 26.3 Å². The molecule has 31 heavy (non-hydrogen) atoms. The highest BCUT2D eigenvalue weighted by atomic mass is 79.9. The van der Waals surface area contributed by atoms with Gasteiger partial charge in [-0.3, -0.25) is 14.5 Å². The topological polar surface area (TPSA) is 108 Å². The number of amides is 2. The van der Waals surface area contributed by atoms with Crippen LogP contribution in [0, 0.1) is 0 Å². The highest BCUT2D eigenvalue weighted by molar-refractivity contribution is 9.10. The summed E-state index contributed by atoms with van der Waals surface area (Å²) in [6, 6.07) is 2.24. The van der Waals surface area contributed by atoms with Gasteiger partial charge in [0.1, 0.15) is 6.04 Å². The predicted molar refractivity (Wildman–Crippen MR) is 117 cm³/mol. The fourth-order valence-electron chi connectivity index (χ4n) is 2.65. The van der Waals surface area contributed by atoms with Gasteiger partial charge in [0.05, 0.1) is 29.7 Å². The standard InChI is InChI=1S/C20H22BrNO8S/c1-5-28-14-8-12(7-13(21)17(14)30-10-16(23)29-6-2)9-15-18(24)22(20(26)31-15)11(3)19(25)27-4/h7-9,11H,5-6,10H2,1-4H3/b15-9+/t11-/m1/s1. The van der Waals surface area contributed by atoms with Crippen LogP contribution in [0.15, 0.2) is 21.5 Å². The first-order valence-corrected chi connectivity index (χ1v) is 10.9. The summed E-state index contributed by atoms with van der Waals surface area (Å²) in [7, 11) is 1.19. The molecule has 1 fully saturated rings. The molecule has 0 aromatic heterocycles. The van der Waals surface area contributed by atoms with Crippen molar-refractivity contribution in [3.05, 3.63) is 27.1 Å². The summed E-state index contributed by atoms with van der Waals surface area (Å²) in [5.41, 5.74) is 0.551. The maximum Gasteiger partial charge on any atom is 0.344 e. The minimum absolute atomic E-state index is 0.148. The van der Waals surface area contributed by atoms with Crippen molar-refractivity contribution >= 4 is 56.9 Å². The average Bonchev–Trinajstić information content (AvgIpc) is 2.99. The lowest BCUT2D eigenvalue weighted by Crippen LogP contribution is -2.42. The Balaban J connectivity index is 2.31. The molecule has 0 bridgehead atoms. The van der Waals surface area contributed by atoms with Crippen LogP contribution >= 0.6 is 27.7 Å². The van der Waals surface area contributed by atoms with E-state index >= 15 is 0 Å². The van der Waals surface area contributed by atoms with E-state index in [1.165, 1.54) is 20.1 Å². The van der Waals surface area contributed by atoms with Gasteiger partial charge in [-0.1, -0.05) is 0 Å². The zero-order chi connectivity index (χ0) is 23.1. The third kappa shape index (κ3) is 6.01. The highest BCUT2D eigenvalue weighted by Gasteiger charge is 2.41. The van der Waals surface area contributed by atoms with E-state index in [1.54, 1.807) is 26.0 Å². The lowest BCUT2D eigenvalue weighted by Gasteiger charge is -2.18. The zero-order valence-electron chi connectivity index (χ0n) is 17.4. The molecule has 2 amide bonds. The van der Waals surface area contributed by atoms with Crippen LogP contribution in [-0.4, -0.2) is 61.0 Å². The van der Waals surface area contributed by atoms with E-state index in [9.17, 15) is 19.2 Å². The van der Waals surface area contributed by atoms with Gasteiger partial charge in [-0.25, -0.2) is 9.59 Å². The molecular weight excluding hydrogens is 494 g/mol. The van der Waals surface area contributed by atoms with Crippen molar-refractivity contribution in [1.82, 2.24) is 4.90 Å². The van der Waals surface area contributed by atoms with Crippen LogP contribution in [-0.2, 0) is 23.9 Å². The Hall–Kier alpha value is -2.53. The third-order valence-electron chi connectivity index (χ3n) is 4.02. The van der Waals surface area contributed by atoms with Gasteiger partial charge in [-0.2, -0.15) is 0 Å². The van der Waals surface area contributed by atoms with Gasteiger partial charge in [0.15, 0.2) is 18.1 Å². The second-order valence-electron chi connectivity index (χ2n) is 6.11. The number of carbonyl (C=O) groups excluding carboxylic acids is 4. The molecule has 0 saturated carbocycles. The lowest BCUT2D eigenvalue weighted by molar-refractivity contribution is -0.148. The second kappa shape index (κ2) is 11.2. The molecule has 0 N–H and O–H groups in total. The molecule has 9 nitrogen and oxygen atoms in total. The number of benzene rings is 1. The number of imide groups is 1. The van der Waals surface area contributed by atoms with Crippen LogP contribution < -0.4 is 9.47 Å². The molecule has 1 aromatic rings. The van der Waals surface area contributed by atoms with Crippen LogP contribution in [0.2, 0.25) is 0 Å². The molecule has 2 rings (SSSR count). The highest BCUT2D eigenvalue weighted by Crippen LogP contribution is 2.39. The van der Waals surface area contributed by atoms with Gasteiger partial charge in [0.25, 0.3) is 11.1 Å². The first kappa shape index (κ1) is 24.7. The van der Waals surface area contributed by atoms with E-state index in [0.717, 1.165) is 16.7 Å². The first-order valence-electron chi connectivity index (χ1n) is 9.33. The molecule has 0 spiro atoms. The van der Waals surface area contributed by atoms with Gasteiger partial charge in [-0.05, 0) is 72.2 Å². The fourth-order valence-corrected chi connectivity index (χ4v) is 4.13. The minimum atomic E-state index is -1.03. The number of hydrogen-bond donors (Lipinski definition) is 0. The van der Waals surface area contributed by atoms with Crippen LogP contribution in [0.4, 0.5) is 4.79 Å². The Labute approximate surface area is 192 Å². The average molecular weight is 516 g/mol.